The standard InChI is InChI=1S/C27H31FN6O2S/c28-21-1-2-22-20(3-6-29-22)24(21)26-30-23-13-19(37-25(23)27(31-26)33-9-11-36-12-10-33)16-32-7-4-17(5-8-32)34-14-18(35)15-34/h1-3,6,13,17-18,29,35H,4-5,7-12,14-16H2. The van der Waals surface area contributed by atoms with E-state index in [-0.39, 0.29) is 11.9 Å². The molecule has 0 atom stereocenters. The number of aromatic amines is 1. The van der Waals surface area contributed by atoms with Gasteiger partial charge in [-0.15, -0.1) is 11.3 Å². The number of hydrogen-bond acceptors (Lipinski definition) is 8. The minimum absolute atomic E-state index is 0.138. The van der Waals surface area contributed by atoms with Crippen LogP contribution in [-0.2, 0) is 11.3 Å². The molecule has 0 bridgehead atoms. The molecule has 6 heterocycles. The Labute approximate surface area is 218 Å². The molecule has 0 spiro atoms. The molecule has 37 heavy (non-hydrogen) atoms. The summed E-state index contributed by atoms with van der Waals surface area (Å²) in [5.41, 5.74) is 2.19. The van der Waals surface area contributed by atoms with Crippen LogP contribution in [0.4, 0.5) is 10.2 Å². The Bertz CT molecular complexity index is 1420. The van der Waals surface area contributed by atoms with Crippen molar-refractivity contribution in [2.24, 2.45) is 0 Å². The van der Waals surface area contributed by atoms with Crippen LogP contribution in [0.1, 0.15) is 17.7 Å². The van der Waals surface area contributed by atoms with Crippen LogP contribution >= 0.6 is 11.3 Å². The molecule has 4 aromatic rings. The molecule has 0 amide bonds. The number of β-amino-alcohol motifs (C(OH)–C–C–N with tert-alkyl or cyclic N) is 1. The van der Waals surface area contributed by atoms with Crippen LogP contribution in [0.5, 0.6) is 0 Å². The van der Waals surface area contributed by atoms with E-state index in [2.05, 4.69) is 25.8 Å². The zero-order chi connectivity index (χ0) is 24.9. The second kappa shape index (κ2) is 9.59. The average Bonchev–Trinajstić information content (AvgIpc) is 3.54. The third-order valence-electron chi connectivity index (χ3n) is 7.97. The first kappa shape index (κ1) is 23.5. The summed E-state index contributed by atoms with van der Waals surface area (Å²) in [6, 6.07) is 7.89. The summed E-state index contributed by atoms with van der Waals surface area (Å²) in [5.74, 6) is 0.993. The quantitative estimate of drug-likeness (QED) is 0.416. The molecule has 3 aliphatic heterocycles. The third kappa shape index (κ3) is 4.40. The van der Waals surface area contributed by atoms with E-state index in [9.17, 15) is 5.11 Å². The van der Waals surface area contributed by atoms with Crippen molar-refractivity contribution in [2.75, 3.05) is 57.4 Å². The number of ether oxygens (including phenoxy) is 1. The molecule has 8 nitrogen and oxygen atoms in total. The normalized spacial score (nSPS) is 20.8. The molecule has 3 fully saturated rings. The van der Waals surface area contributed by atoms with Gasteiger partial charge in [-0.2, -0.15) is 0 Å². The predicted octanol–water partition coefficient (Wildman–Crippen LogP) is 3.46. The summed E-state index contributed by atoms with van der Waals surface area (Å²) in [6.07, 6.45) is 3.97. The maximum absolute atomic E-state index is 15.2. The average molecular weight is 523 g/mol. The fourth-order valence-electron chi connectivity index (χ4n) is 5.93. The van der Waals surface area contributed by atoms with Crippen molar-refractivity contribution in [3.05, 3.63) is 41.2 Å². The first-order valence-corrected chi connectivity index (χ1v) is 14.0. The molecule has 3 aliphatic rings. The molecular weight excluding hydrogens is 491 g/mol. The minimum Gasteiger partial charge on any atom is -0.390 e. The number of piperidine rings is 1. The number of benzene rings is 1. The number of aliphatic hydroxyl groups is 1. The SMILES string of the molecule is OC1CN(C2CCN(Cc3cc4nc(-c5c(F)ccc6[nH]ccc56)nc(N5CCOCC5)c4s3)CC2)C1. The van der Waals surface area contributed by atoms with Gasteiger partial charge in [0, 0.05) is 73.8 Å². The second-order valence-corrected chi connectivity index (χ2v) is 11.5. The van der Waals surface area contributed by atoms with Crippen LogP contribution in [0.25, 0.3) is 32.5 Å². The Morgan fingerprint density at radius 1 is 1.08 bits per heavy atom. The van der Waals surface area contributed by atoms with Gasteiger partial charge in [-0.05, 0) is 37.1 Å². The number of aromatic nitrogens is 3. The van der Waals surface area contributed by atoms with Crippen molar-refractivity contribution in [1.29, 1.82) is 0 Å². The van der Waals surface area contributed by atoms with Crippen LogP contribution in [0.15, 0.2) is 30.5 Å². The van der Waals surface area contributed by atoms with E-state index in [4.69, 9.17) is 14.7 Å². The Balaban J connectivity index is 1.21. The number of H-pyrrole nitrogens is 1. The Morgan fingerprint density at radius 2 is 1.89 bits per heavy atom. The number of anilines is 1. The number of rotatable bonds is 5. The second-order valence-electron chi connectivity index (χ2n) is 10.4. The summed E-state index contributed by atoms with van der Waals surface area (Å²) < 4.78 is 21.8. The summed E-state index contributed by atoms with van der Waals surface area (Å²) in [7, 11) is 0. The lowest BCUT2D eigenvalue weighted by Crippen LogP contribution is -2.57. The maximum atomic E-state index is 15.2. The zero-order valence-corrected chi connectivity index (χ0v) is 21.5. The van der Waals surface area contributed by atoms with Crippen molar-refractivity contribution >= 4 is 38.3 Å². The van der Waals surface area contributed by atoms with E-state index in [0.717, 1.165) is 85.6 Å². The molecule has 0 saturated carbocycles. The molecule has 0 unspecified atom stereocenters. The highest BCUT2D eigenvalue weighted by Gasteiger charge is 2.33. The van der Waals surface area contributed by atoms with E-state index in [1.165, 1.54) is 10.9 Å². The van der Waals surface area contributed by atoms with Gasteiger partial charge >= 0.3 is 0 Å². The van der Waals surface area contributed by atoms with Gasteiger partial charge in [0.05, 0.1) is 35.1 Å². The van der Waals surface area contributed by atoms with Crippen molar-refractivity contribution < 1.29 is 14.2 Å². The fourth-order valence-corrected chi connectivity index (χ4v) is 7.08. The summed E-state index contributed by atoms with van der Waals surface area (Å²) in [6.45, 7) is 7.47. The third-order valence-corrected chi connectivity index (χ3v) is 9.07. The lowest BCUT2D eigenvalue weighted by atomic mass is 9.98. The molecular formula is C27H31FN6O2S. The maximum Gasteiger partial charge on any atom is 0.165 e. The van der Waals surface area contributed by atoms with Gasteiger partial charge in [0.25, 0.3) is 0 Å². The molecule has 2 N–H and O–H groups in total. The zero-order valence-electron chi connectivity index (χ0n) is 20.7. The predicted molar refractivity (Wildman–Crippen MR) is 144 cm³/mol. The number of nitrogens with one attached hydrogen (secondary N) is 1. The van der Waals surface area contributed by atoms with Gasteiger partial charge in [-0.25, -0.2) is 14.4 Å². The number of likely N-dealkylation sites (tertiary alicyclic amines) is 2. The molecule has 3 saturated heterocycles. The highest BCUT2D eigenvalue weighted by atomic mass is 32.1. The van der Waals surface area contributed by atoms with Crippen LogP contribution in [-0.4, -0.2) is 94.5 Å². The number of fused-ring (bicyclic) bond motifs is 2. The molecule has 0 aliphatic carbocycles. The highest BCUT2D eigenvalue weighted by molar-refractivity contribution is 7.19. The number of nitrogens with zero attached hydrogens (tertiary/aromatic N) is 5. The van der Waals surface area contributed by atoms with Gasteiger partial charge in [0.15, 0.2) is 11.6 Å². The molecule has 3 aromatic heterocycles. The summed E-state index contributed by atoms with van der Waals surface area (Å²) in [4.78, 5) is 21.5. The topological polar surface area (TPSA) is 80.8 Å². The Morgan fingerprint density at radius 3 is 2.68 bits per heavy atom. The van der Waals surface area contributed by atoms with Crippen LogP contribution in [0, 0.1) is 5.82 Å². The molecule has 1 aromatic carbocycles. The minimum atomic E-state index is -0.313. The lowest BCUT2D eigenvalue weighted by molar-refractivity contribution is -0.0401. The van der Waals surface area contributed by atoms with Gasteiger partial charge in [-0.3, -0.25) is 9.80 Å². The van der Waals surface area contributed by atoms with Crippen molar-refractivity contribution in [3.63, 3.8) is 0 Å². The number of hydrogen-bond donors (Lipinski definition) is 2. The van der Waals surface area contributed by atoms with E-state index < -0.39 is 0 Å². The molecule has 0 radical (unpaired) electrons. The van der Waals surface area contributed by atoms with Crippen molar-refractivity contribution in [3.8, 4) is 11.4 Å². The van der Waals surface area contributed by atoms with Gasteiger partial charge < -0.3 is 19.7 Å². The van der Waals surface area contributed by atoms with Crippen LogP contribution in [0.3, 0.4) is 0 Å². The molecule has 194 valence electrons. The van der Waals surface area contributed by atoms with Crippen molar-refractivity contribution in [2.45, 2.75) is 31.5 Å². The monoisotopic (exact) mass is 522 g/mol. The summed E-state index contributed by atoms with van der Waals surface area (Å²) >= 11 is 1.76. The lowest BCUT2D eigenvalue weighted by Gasteiger charge is -2.45. The van der Waals surface area contributed by atoms with Gasteiger partial charge in [-0.1, -0.05) is 0 Å². The first-order chi connectivity index (χ1) is 18.1. The smallest absolute Gasteiger partial charge is 0.165 e. The van der Waals surface area contributed by atoms with Crippen LogP contribution < -0.4 is 4.90 Å². The first-order valence-electron chi connectivity index (χ1n) is 13.2. The Hall–Kier alpha value is -2.63. The van der Waals surface area contributed by atoms with E-state index in [1.54, 1.807) is 17.4 Å². The Kier molecular flexibility index (Phi) is 6.09. The summed E-state index contributed by atoms with van der Waals surface area (Å²) in [5, 5.41) is 10.4. The van der Waals surface area contributed by atoms with E-state index in [1.807, 2.05) is 12.3 Å². The number of aliphatic hydroxyl groups excluding tert-OH is 1. The number of halogens is 1. The van der Waals surface area contributed by atoms with Gasteiger partial charge in [0.2, 0.25) is 0 Å². The van der Waals surface area contributed by atoms with Crippen LogP contribution in [0.2, 0.25) is 0 Å². The molecule has 10 heteroatoms. The van der Waals surface area contributed by atoms with E-state index in [0.29, 0.717) is 30.6 Å². The fraction of sp³-hybridized carbons (Fsp3) is 0.481. The molecule has 7 rings (SSSR count). The number of morpholine rings is 1. The number of thiophene rings is 1. The van der Waals surface area contributed by atoms with Gasteiger partial charge in [0.1, 0.15) is 5.82 Å². The highest BCUT2D eigenvalue weighted by Crippen LogP contribution is 2.37. The van der Waals surface area contributed by atoms with Crippen molar-refractivity contribution in [1.82, 2.24) is 24.8 Å². The van der Waals surface area contributed by atoms with E-state index >= 15 is 4.39 Å². The largest absolute Gasteiger partial charge is 0.390 e.